The molecule has 92 valence electrons. The number of nitrogens with one attached hydrogen (secondary N) is 1. The van der Waals surface area contributed by atoms with Gasteiger partial charge < -0.3 is 10.2 Å². The zero-order chi connectivity index (χ0) is 11.9. The minimum absolute atomic E-state index is 0.209. The van der Waals surface area contributed by atoms with Crippen molar-refractivity contribution >= 4 is 0 Å². The van der Waals surface area contributed by atoms with Gasteiger partial charge in [-0.05, 0) is 33.9 Å². The first-order valence-electron chi connectivity index (χ1n) is 5.28. The molecular weight excluding hydrogens is 205 g/mol. The van der Waals surface area contributed by atoms with E-state index in [1.165, 1.54) is 0 Å². The van der Waals surface area contributed by atoms with Crippen molar-refractivity contribution in [3.05, 3.63) is 0 Å². The van der Waals surface area contributed by atoms with E-state index in [1.54, 1.807) is 0 Å². The van der Waals surface area contributed by atoms with Crippen LogP contribution >= 0.6 is 0 Å². The molecule has 0 amide bonds. The summed E-state index contributed by atoms with van der Waals surface area (Å²) in [7, 11) is 3.80. The summed E-state index contributed by atoms with van der Waals surface area (Å²) in [6.07, 6.45) is -3.87. The Morgan fingerprint density at radius 2 is 1.93 bits per heavy atom. The monoisotopic (exact) mass is 226 g/mol. The van der Waals surface area contributed by atoms with Crippen LogP contribution in [0.2, 0.25) is 0 Å². The Morgan fingerprint density at radius 3 is 2.40 bits per heavy atom. The molecule has 0 fully saturated rings. The first-order valence-corrected chi connectivity index (χ1v) is 5.28. The quantitative estimate of drug-likeness (QED) is 0.716. The highest BCUT2D eigenvalue weighted by Gasteiger charge is 2.26. The van der Waals surface area contributed by atoms with Crippen molar-refractivity contribution in [2.45, 2.75) is 38.4 Å². The van der Waals surface area contributed by atoms with E-state index in [1.807, 2.05) is 21.0 Å². The molecule has 1 N–H and O–H groups in total. The van der Waals surface area contributed by atoms with Crippen LogP contribution in [0.25, 0.3) is 0 Å². The molecule has 1 unspecified atom stereocenters. The van der Waals surface area contributed by atoms with Crippen LogP contribution in [0.15, 0.2) is 0 Å². The first-order chi connectivity index (χ1) is 6.87. The van der Waals surface area contributed by atoms with E-state index < -0.39 is 12.6 Å². The summed E-state index contributed by atoms with van der Waals surface area (Å²) in [6, 6.07) is 0.209. The topological polar surface area (TPSA) is 15.3 Å². The second-order valence-corrected chi connectivity index (χ2v) is 3.94. The Balaban J connectivity index is 3.59. The van der Waals surface area contributed by atoms with Crippen LogP contribution in [0.1, 0.15) is 26.2 Å². The van der Waals surface area contributed by atoms with Gasteiger partial charge >= 0.3 is 6.18 Å². The number of alkyl halides is 3. The van der Waals surface area contributed by atoms with E-state index in [-0.39, 0.29) is 12.5 Å². The van der Waals surface area contributed by atoms with E-state index in [4.69, 9.17) is 0 Å². The number of rotatable bonds is 7. The summed E-state index contributed by atoms with van der Waals surface area (Å²) >= 11 is 0. The lowest BCUT2D eigenvalue weighted by Gasteiger charge is -2.24. The second kappa shape index (κ2) is 7.06. The largest absolute Gasteiger partial charge is 0.389 e. The summed E-state index contributed by atoms with van der Waals surface area (Å²) in [5.41, 5.74) is 0. The number of hydrogen-bond acceptors (Lipinski definition) is 2. The van der Waals surface area contributed by atoms with Gasteiger partial charge in [-0.15, -0.1) is 0 Å². The van der Waals surface area contributed by atoms with Gasteiger partial charge in [0.25, 0.3) is 0 Å². The maximum absolute atomic E-state index is 11.9. The van der Waals surface area contributed by atoms with Gasteiger partial charge in [-0.3, -0.25) is 0 Å². The normalized spacial score (nSPS) is 14.6. The molecule has 5 heteroatoms. The van der Waals surface area contributed by atoms with Crippen molar-refractivity contribution < 1.29 is 13.2 Å². The van der Waals surface area contributed by atoms with E-state index in [0.29, 0.717) is 6.42 Å². The number of halogens is 3. The van der Waals surface area contributed by atoms with Crippen molar-refractivity contribution in [2.24, 2.45) is 0 Å². The predicted octanol–water partition coefficient (Wildman–Crippen LogP) is 2.26. The van der Waals surface area contributed by atoms with Gasteiger partial charge in [-0.1, -0.05) is 0 Å². The average molecular weight is 226 g/mol. The molecule has 0 aromatic heterocycles. The Morgan fingerprint density at radius 1 is 1.33 bits per heavy atom. The molecule has 0 spiro atoms. The van der Waals surface area contributed by atoms with Gasteiger partial charge in [0.1, 0.15) is 0 Å². The molecule has 0 bridgehead atoms. The number of nitrogens with zero attached hydrogens (tertiary/aromatic N) is 1. The summed E-state index contributed by atoms with van der Waals surface area (Å²) in [4.78, 5) is 2.08. The Kier molecular flexibility index (Phi) is 6.92. The Labute approximate surface area is 89.8 Å². The van der Waals surface area contributed by atoms with Gasteiger partial charge in [-0.25, -0.2) is 0 Å². The van der Waals surface area contributed by atoms with Crippen molar-refractivity contribution in [1.29, 1.82) is 0 Å². The van der Waals surface area contributed by atoms with Gasteiger partial charge in [0.15, 0.2) is 0 Å². The van der Waals surface area contributed by atoms with E-state index in [0.717, 1.165) is 13.1 Å². The number of likely N-dealkylation sites (N-methyl/N-ethyl adjacent to an activating group) is 2. The van der Waals surface area contributed by atoms with Crippen molar-refractivity contribution in [2.75, 3.05) is 27.2 Å². The molecular formula is C10H21F3N2. The molecule has 0 aromatic carbocycles. The maximum atomic E-state index is 11.9. The van der Waals surface area contributed by atoms with Crippen LogP contribution in [-0.4, -0.2) is 44.3 Å². The Hall–Kier alpha value is -0.290. The fraction of sp³-hybridized carbons (Fsp3) is 1.00. The molecule has 0 saturated carbocycles. The average Bonchev–Trinajstić information content (AvgIpc) is 2.11. The molecule has 0 rings (SSSR count). The van der Waals surface area contributed by atoms with Gasteiger partial charge in [0.2, 0.25) is 0 Å². The molecule has 0 radical (unpaired) electrons. The van der Waals surface area contributed by atoms with Gasteiger partial charge in [0, 0.05) is 25.6 Å². The second-order valence-electron chi connectivity index (χ2n) is 3.94. The van der Waals surface area contributed by atoms with Gasteiger partial charge in [0.05, 0.1) is 0 Å². The number of hydrogen-bond donors (Lipinski definition) is 1. The van der Waals surface area contributed by atoms with Gasteiger partial charge in [-0.2, -0.15) is 13.2 Å². The van der Waals surface area contributed by atoms with Crippen molar-refractivity contribution in [1.82, 2.24) is 10.2 Å². The molecule has 0 aliphatic heterocycles. The molecule has 0 aromatic rings. The lowest BCUT2D eigenvalue weighted by molar-refractivity contribution is -0.136. The minimum atomic E-state index is -4.01. The zero-order valence-corrected chi connectivity index (χ0v) is 9.69. The molecule has 0 aliphatic rings. The summed E-state index contributed by atoms with van der Waals surface area (Å²) in [6.45, 7) is 3.69. The lowest BCUT2D eigenvalue weighted by atomic mass is 10.1. The van der Waals surface area contributed by atoms with Crippen LogP contribution in [0.5, 0.6) is 0 Å². The third-order valence-corrected chi connectivity index (χ3v) is 2.55. The van der Waals surface area contributed by atoms with Crippen LogP contribution in [0.3, 0.4) is 0 Å². The standard InChI is InChI=1S/C10H21F3N2/c1-9(15(3)8-7-14-2)5-4-6-10(11,12)13/h9,14H,4-8H2,1-3H3. The summed E-state index contributed by atoms with van der Waals surface area (Å²) in [5, 5.41) is 3.01. The third-order valence-electron chi connectivity index (χ3n) is 2.55. The minimum Gasteiger partial charge on any atom is -0.318 e. The third kappa shape index (κ3) is 8.69. The van der Waals surface area contributed by atoms with E-state index in [9.17, 15) is 13.2 Å². The fourth-order valence-electron chi connectivity index (χ4n) is 1.33. The van der Waals surface area contributed by atoms with Crippen LogP contribution < -0.4 is 5.32 Å². The van der Waals surface area contributed by atoms with Crippen LogP contribution in [-0.2, 0) is 0 Å². The van der Waals surface area contributed by atoms with E-state index in [2.05, 4.69) is 10.2 Å². The lowest BCUT2D eigenvalue weighted by Crippen LogP contribution is -2.34. The molecule has 1 atom stereocenters. The first kappa shape index (κ1) is 14.7. The summed E-state index contributed by atoms with van der Waals surface area (Å²) in [5.74, 6) is 0. The van der Waals surface area contributed by atoms with Crippen molar-refractivity contribution in [3.8, 4) is 0 Å². The molecule has 15 heavy (non-hydrogen) atoms. The maximum Gasteiger partial charge on any atom is 0.389 e. The molecule has 2 nitrogen and oxygen atoms in total. The smallest absolute Gasteiger partial charge is 0.318 e. The Bertz CT molecular complexity index is 159. The fourth-order valence-corrected chi connectivity index (χ4v) is 1.33. The van der Waals surface area contributed by atoms with Crippen molar-refractivity contribution in [3.63, 3.8) is 0 Å². The SMILES string of the molecule is CNCCN(C)C(C)CCCC(F)(F)F. The molecule has 0 heterocycles. The molecule has 0 aliphatic carbocycles. The molecule has 0 saturated heterocycles. The summed E-state index contributed by atoms with van der Waals surface area (Å²) < 4.78 is 35.7. The predicted molar refractivity (Wildman–Crippen MR) is 55.9 cm³/mol. The highest BCUT2D eigenvalue weighted by molar-refractivity contribution is 4.65. The van der Waals surface area contributed by atoms with Crippen LogP contribution in [0.4, 0.5) is 13.2 Å². The van der Waals surface area contributed by atoms with E-state index >= 15 is 0 Å². The highest BCUT2D eigenvalue weighted by Crippen LogP contribution is 2.23. The zero-order valence-electron chi connectivity index (χ0n) is 9.69. The van der Waals surface area contributed by atoms with Crippen LogP contribution in [0, 0.1) is 0 Å². The highest BCUT2D eigenvalue weighted by atomic mass is 19.4.